The van der Waals surface area contributed by atoms with Gasteiger partial charge in [0.15, 0.2) is 12.4 Å². The monoisotopic (exact) mass is 226 g/mol. The van der Waals surface area contributed by atoms with Gasteiger partial charge in [-0.1, -0.05) is 12.1 Å². The Morgan fingerprint density at radius 1 is 1.25 bits per heavy atom. The molecule has 1 rings (SSSR count). The van der Waals surface area contributed by atoms with Crippen LogP contribution < -0.4 is 0 Å². The van der Waals surface area contributed by atoms with Crippen LogP contribution in [-0.2, 0) is 4.84 Å². The Hall–Kier alpha value is -2.51. The van der Waals surface area contributed by atoms with E-state index in [2.05, 4.69) is 4.84 Å². The van der Waals surface area contributed by atoms with Crippen LogP contribution in [0.2, 0.25) is 0 Å². The standard InChI is InChI=1S/C8H6N2O6/c11-8(5-16-10(14)15)6-3-1-2-4-7(6)9(12)13/h1-4H,5H2. The zero-order valence-corrected chi connectivity index (χ0v) is 7.86. The number of benzene rings is 1. The predicted octanol–water partition coefficient (Wildman–Crippen LogP) is 0.986. The molecule has 0 N–H and O–H groups in total. The maximum Gasteiger partial charge on any atom is 0.294 e. The fraction of sp³-hybridized carbons (Fsp3) is 0.125. The number of carbonyl (C=O) groups is 1. The molecule has 0 amide bonds. The first-order valence-corrected chi connectivity index (χ1v) is 4.06. The van der Waals surface area contributed by atoms with Crippen LogP contribution in [0.15, 0.2) is 24.3 Å². The number of nitro groups is 1. The molecule has 0 aliphatic heterocycles. The van der Waals surface area contributed by atoms with E-state index in [9.17, 15) is 25.0 Å². The van der Waals surface area contributed by atoms with Crippen LogP contribution in [0.4, 0.5) is 5.69 Å². The van der Waals surface area contributed by atoms with Crippen molar-refractivity contribution in [2.75, 3.05) is 6.61 Å². The highest BCUT2D eigenvalue weighted by molar-refractivity contribution is 6.00. The Morgan fingerprint density at radius 3 is 2.44 bits per heavy atom. The first-order chi connectivity index (χ1) is 7.52. The van der Waals surface area contributed by atoms with Crippen molar-refractivity contribution in [3.8, 4) is 0 Å². The molecule has 0 aliphatic carbocycles. The van der Waals surface area contributed by atoms with E-state index in [0.717, 1.165) is 6.07 Å². The van der Waals surface area contributed by atoms with E-state index in [-0.39, 0.29) is 5.56 Å². The molecular weight excluding hydrogens is 220 g/mol. The van der Waals surface area contributed by atoms with Gasteiger partial charge in [-0.25, -0.2) is 0 Å². The van der Waals surface area contributed by atoms with E-state index in [1.165, 1.54) is 18.2 Å². The first kappa shape index (κ1) is 11.6. The molecule has 0 aromatic heterocycles. The van der Waals surface area contributed by atoms with Gasteiger partial charge < -0.3 is 4.84 Å². The molecule has 0 bridgehead atoms. The van der Waals surface area contributed by atoms with Gasteiger partial charge in [-0.2, -0.15) is 0 Å². The second kappa shape index (κ2) is 4.82. The highest BCUT2D eigenvalue weighted by Gasteiger charge is 2.19. The molecule has 0 radical (unpaired) electrons. The van der Waals surface area contributed by atoms with Crippen LogP contribution in [0.25, 0.3) is 0 Å². The van der Waals surface area contributed by atoms with Crippen molar-refractivity contribution < 1.29 is 19.6 Å². The summed E-state index contributed by atoms with van der Waals surface area (Å²) in [5.41, 5.74) is -0.617. The highest BCUT2D eigenvalue weighted by Crippen LogP contribution is 2.17. The minimum atomic E-state index is -1.13. The highest BCUT2D eigenvalue weighted by atomic mass is 16.9. The lowest BCUT2D eigenvalue weighted by atomic mass is 10.1. The number of rotatable bonds is 5. The van der Waals surface area contributed by atoms with E-state index >= 15 is 0 Å². The second-order valence-corrected chi connectivity index (χ2v) is 2.69. The lowest BCUT2D eigenvalue weighted by molar-refractivity contribution is -0.754. The number of hydrogen-bond acceptors (Lipinski definition) is 6. The lowest BCUT2D eigenvalue weighted by Crippen LogP contribution is -2.14. The van der Waals surface area contributed by atoms with Crippen LogP contribution in [0.3, 0.4) is 0 Å². The van der Waals surface area contributed by atoms with Crippen LogP contribution in [0.1, 0.15) is 10.4 Å². The maximum atomic E-state index is 11.3. The Kier molecular flexibility index (Phi) is 3.49. The summed E-state index contributed by atoms with van der Waals surface area (Å²) in [5, 5.41) is 19.3. The van der Waals surface area contributed by atoms with Crippen molar-refractivity contribution >= 4 is 11.5 Å². The van der Waals surface area contributed by atoms with Gasteiger partial charge in [0.2, 0.25) is 0 Å². The van der Waals surface area contributed by atoms with Crippen LogP contribution in [0, 0.1) is 20.2 Å². The topological polar surface area (TPSA) is 113 Å². The first-order valence-electron chi connectivity index (χ1n) is 4.06. The Morgan fingerprint density at radius 2 is 1.88 bits per heavy atom. The average molecular weight is 226 g/mol. The lowest BCUT2D eigenvalue weighted by Gasteiger charge is -2.00. The number of ketones is 1. The van der Waals surface area contributed by atoms with Crippen molar-refractivity contribution in [1.82, 2.24) is 0 Å². The molecule has 16 heavy (non-hydrogen) atoms. The summed E-state index contributed by atoms with van der Waals surface area (Å²) < 4.78 is 0. The number of Topliss-reactive ketones (excluding diaryl/α,β-unsaturated/α-hetero) is 1. The van der Waals surface area contributed by atoms with E-state index in [1.54, 1.807) is 0 Å². The normalized spacial score (nSPS) is 9.50. The van der Waals surface area contributed by atoms with Crippen molar-refractivity contribution in [2.24, 2.45) is 0 Å². The molecule has 1 aromatic carbocycles. The van der Waals surface area contributed by atoms with E-state index < -0.39 is 28.1 Å². The molecule has 8 heteroatoms. The van der Waals surface area contributed by atoms with Gasteiger partial charge >= 0.3 is 0 Å². The summed E-state index contributed by atoms with van der Waals surface area (Å²) in [7, 11) is 0. The van der Waals surface area contributed by atoms with Crippen molar-refractivity contribution in [2.45, 2.75) is 0 Å². The van der Waals surface area contributed by atoms with E-state index in [1.807, 2.05) is 0 Å². The fourth-order valence-electron chi connectivity index (χ4n) is 1.06. The zero-order chi connectivity index (χ0) is 12.1. The molecule has 8 nitrogen and oxygen atoms in total. The molecule has 0 unspecified atom stereocenters. The van der Waals surface area contributed by atoms with Gasteiger partial charge in [0, 0.05) is 6.07 Å². The minimum absolute atomic E-state index is 0.214. The van der Waals surface area contributed by atoms with Crippen LogP contribution in [-0.4, -0.2) is 22.4 Å². The van der Waals surface area contributed by atoms with Gasteiger partial charge in [-0.05, 0) is 6.07 Å². The van der Waals surface area contributed by atoms with Gasteiger partial charge in [-0.15, -0.1) is 10.1 Å². The summed E-state index contributed by atoms with van der Waals surface area (Å²) in [6.45, 7) is -0.835. The molecule has 0 saturated carbocycles. The summed E-state index contributed by atoms with van der Waals surface area (Å²) >= 11 is 0. The number of carbonyl (C=O) groups excluding carboxylic acids is 1. The molecular formula is C8H6N2O6. The molecule has 0 saturated heterocycles. The van der Waals surface area contributed by atoms with Gasteiger partial charge in [-0.3, -0.25) is 14.9 Å². The van der Waals surface area contributed by atoms with Crippen molar-refractivity contribution in [3.63, 3.8) is 0 Å². The van der Waals surface area contributed by atoms with E-state index in [4.69, 9.17) is 0 Å². The molecule has 84 valence electrons. The third kappa shape index (κ3) is 2.74. The Balaban J connectivity index is 2.90. The van der Waals surface area contributed by atoms with Crippen molar-refractivity contribution in [1.29, 1.82) is 0 Å². The molecule has 0 aliphatic rings. The van der Waals surface area contributed by atoms with Gasteiger partial charge in [0.05, 0.1) is 10.5 Å². The maximum absolute atomic E-state index is 11.3. The zero-order valence-electron chi connectivity index (χ0n) is 7.86. The van der Waals surface area contributed by atoms with Crippen LogP contribution >= 0.6 is 0 Å². The summed E-state index contributed by atoms with van der Waals surface area (Å²) in [6, 6.07) is 5.17. The number of hydrogen-bond donors (Lipinski definition) is 0. The van der Waals surface area contributed by atoms with Gasteiger partial charge in [0.1, 0.15) is 0 Å². The molecule has 1 aromatic rings. The predicted molar refractivity (Wildman–Crippen MR) is 50.4 cm³/mol. The fourth-order valence-corrected chi connectivity index (χ4v) is 1.06. The quantitative estimate of drug-likeness (QED) is 0.420. The molecule has 0 heterocycles. The number of nitrogens with zero attached hydrogens (tertiary/aromatic N) is 2. The largest absolute Gasteiger partial charge is 0.306 e. The number of para-hydroxylation sites is 1. The third-order valence-corrected chi connectivity index (χ3v) is 1.70. The molecule has 0 spiro atoms. The second-order valence-electron chi connectivity index (χ2n) is 2.69. The summed E-state index contributed by atoms with van der Waals surface area (Å²) in [4.78, 5) is 34.8. The average Bonchev–Trinajstić information content (AvgIpc) is 2.25. The Bertz CT molecular complexity index is 444. The summed E-state index contributed by atoms with van der Waals surface area (Å²) in [6.07, 6.45) is 0. The smallest absolute Gasteiger partial charge is 0.294 e. The SMILES string of the molecule is O=C(CO[N+](=O)[O-])c1ccccc1[N+](=O)[O-]. The number of nitro benzene ring substituents is 1. The van der Waals surface area contributed by atoms with E-state index in [0.29, 0.717) is 0 Å². The minimum Gasteiger partial charge on any atom is -0.306 e. The van der Waals surface area contributed by atoms with Crippen LogP contribution in [0.5, 0.6) is 0 Å². The summed E-state index contributed by atoms with van der Waals surface area (Å²) in [5.74, 6) is -0.816. The third-order valence-electron chi connectivity index (χ3n) is 1.70. The molecule has 0 fully saturated rings. The van der Waals surface area contributed by atoms with Gasteiger partial charge in [0.25, 0.3) is 10.8 Å². The van der Waals surface area contributed by atoms with Crippen molar-refractivity contribution in [3.05, 3.63) is 50.1 Å². The molecule has 0 atom stereocenters. The Labute approximate surface area is 88.7 Å².